The number of methoxy groups -OCH3 is 1. The van der Waals surface area contributed by atoms with Crippen molar-refractivity contribution in [2.75, 3.05) is 30.4 Å². The molecule has 32 heavy (non-hydrogen) atoms. The number of carbonyl (C=O) groups excluding carboxylic acids is 1. The number of benzene rings is 1. The van der Waals surface area contributed by atoms with Gasteiger partial charge in [-0.25, -0.2) is 4.98 Å². The van der Waals surface area contributed by atoms with Crippen molar-refractivity contribution in [2.45, 2.75) is 46.0 Å². The molecule has 168 valence electrons. The summed E-state index contributed by atoms with van der Waals surface area (Å²) in [6.07, 6.45) is 11.7. The molecule has 0 saturated carbocycles. The molecule has 2 heterocycles. The minimum Gasteiger partial charge on any atom is -0.496 e. The van der Waals surface area contributed by atoms with Gasteiger partial charge in [0.05, 0.1) is 19.0 Å². The Bertz CT molecular complexity index is 1020. The van der Waals surface area contributed by atoms with Crippen molar-refractivity contribution in [3.05, 3.63) is 65.4 Å². The highest BCUT2D eigenvalue weighted by molar-refractivity contribution is 6.07. The van der Waals surface area contributed by atoms with Crippen LogP contribution in [0.3, 0.4) is 0 Å². The summed E-state index contributed by atoms with van der Waals surface area (Å²) < 4.78 is 5.39. The Labute approximate surface area is 191 Å². The first-order valence-corrected chi connectivity index (χ1v) is 11.6. The number of amides is 1. The van der Waals surface area contributed by atoms with Crippen molar-refractivity contribution in [3.8, 4) is 5.75 Å². The second kappa shape index (κ2) is 10.0. The van der Waals surface area contributed by atoms with Crippen molar-refractivity contribution in [2.24, 2.45) is 5.92 Å². The molecule has 5 nitrogen and oxygen atoms in total. The fourth-order valence-electron chi connectivity index (χ4n) is 4.53. The zero-order valence-corrected chi connectivity index (χ0v) is 19.4. The molecule has 1 aliphatic carbocycles. The third kappa shape index (κ3) is 5.04. The maximum Gasteiger partial charge on any atom is 0.255 e. The summed E-state index contributed by atoms with van der Waals surface area (Å²) >= 11 is 0. The van der Waals surface area contributed by atoms with Crippen molar-refractivity contribution < 1.29 is 9.53 Å². The molecule has 0 bridgehead atoms. The maximum atomic E-state index is 13.0. The highest BCUT2D eigenvalue weighted by atomic mass is 16.5. The molecule has 1 fully saturated rings. The van der Waals surface area contributed by atoms with Crippen LogP contribution in [-0.4, -0.2) is 31.1 Å². The Morgan fingerprint density at radius 2 is 1.91 bits per heavy atom. The average molecular weight is 432 g/mol. The molecule has 1 saturated heterocycles. The van der Waals surface area contributed by atoms with E-state index in [0.717, 1.165) is 47.9 Å². The number of pyridine rings is 1. The minimum absolute atomic E-state index is 0.0936. The number of allylic oxidation sites excluding steroid dienone is 2. The fourth-order valence-corrected chi connectivity index (χ4v) is 4.53. The number of aryl methyl sites for hydroxylation is 1. The molecule has 2 aliphatic rings. The van der Waals surface area contributed by atoms with Gasteiger partial charge in [-0.3, -0.25) is 4.79 Å². The molecule has 0 spiro atoms. The van der Waals surface area contributed by atoms with Crippen LogP contribution in [-0.2, 0) is 4.79 Å². The third-order valence-corrected chi connectivity index (χ3v) is 6.46. The Morgan fingerprint density at radius 3 is 2.56 bits per heavy atom. The number of anilines is 2. The van der Waals surface area contributed by atoms with Crippen molar-refractivity contribution in [1.82, 2.24) is 4.98 Å². The zero-order valence-electron chi connectivity index (χ0n) is 19.4. The van der Waals surface area contributed by atoms with Gasteiger partial charge in [0.25, 0.3) is 5.91 Å². The van der Waals surface area contributed by atoms with Gasteiger partial charge in [0, 0.05) is 18.7 Å². The maximum absolute atomic E-state index is 13.0. The van der Waals surface area contributed by atoms with Gasteiger partial charge in [-0.2, -0.15) is 0 Å². The molecule has 2 aromatic rings. The van der Waals surface area contributed by atoms with Crippen molar-refractivity contribution in [3.63, 3.8) is 0 Å². The van der Waals surface area contributed by atoms with E-state index < -0.39 is 0 Å². The normalized spacial score (nSPS) is 19.0. The lowest BCUT2D eigenvalue weighted by Crippen LogP contribution is -2.24. The monoisotopic (exact) mass is 431 g/mol. The van der Waals surface area contributed by atoms with E-state index in [1.165, 1.54) is 31.3 Å². The van der Waals surface area contributed by atoms with E-state index >= 15 is 0 Å². The lowest BCUT2D eigenvalue weighted by molar-refractivity contribution is -0.112. The van der Waals surface area contributed by atoms with Crippen LogP contribution < -0.4 is 15.0 Å². The standard InChI is InChI=1S/C27H33N3O2/c1-19-8-9-22(17-24(19)21-10-12-25(32-3)20(2)16-21)27(31)29-23-11-13-26(28-18-23)30-14-6-4-5-7-15-30/h9-13,16-19H,4-8,14-15H2,1-3H3,(H,29,31). The molecule has 1 unspecified atom stereocenters. The van der Waals surface area contributed by atoms with Crippen LogP contribution in [0.15, 0.2) is 54.3 Å². The number of nitrogens with one attached hydrogen (secondary N) is 1. The van der Waals surface area contributed by atoms with Crippen LogP contribution in [0.5, 0.6) is 5.75 Å². The molecule has 1 amide bonds. The Hall–Kier alpha value is -3.08. The molecule has 5 heteroatoms. The van der Waals surface area contributed by atoms with Gasteiger partial charge >= 0.3 is 0 Å². The van der Waals surface area contributed by atoms with E-state index in [0.29, 0.717) is 11.5 Å². The third-order valence-electron chi connectivity index (χ3n) is 6.46. The molecule has 4 rings (SSSR count). The van der Waals surface area contributed by atoms with Crippen LogP contribution in [0.4, 0.5) is 11.5 Å². The number of hydrogen-bond donors (Lipinski definition) is 1. The highest BCUT2D eigenvalue weighted by Gasteiger charge is 2.20. The summed E-state index contributed by atoms with van der Waals surface area (Å²) in [6, 6.07) is 10.2. The second-order valence-corrected chi connectivity index (χ2v) is 8.84. The molecule has 1 aliphatic heterocycles. The highest BCUT2D eigenvalue weighted by Crippen LogP contribution is 2.34. The van der Waals surface area contributed by atoms with E-state index in [-0.39, 0.29) is 5.91 Å². The molecule has 1 atom stereocenters. The largest absolute Gasteiger partial charge is 0.496 e. The molecule has 0 radical (unpaired) electrons. The first kappa shape index (κ1) is 22.1. The van der Waals surface area contributed by atoms with Crippen LogP contribution in [0, 0.1) is 12.8 Å². The van der Waals surface area contributed by atoms with Crippen LogP contribution in [0.25, 0.3) is 5.57 Å². The number of rotatable bonds is 5. The molecular weight excluding hydrogens is 398 g/mol. The number of hydrogen-bond acceptors (Lipinski definition) is 4. The predicted octanol–water partition coefficient (Wildman–Crippen LogP) is 5.77. The Morgan fingerprint density at radius 1 is 1.12 bits per heavy atom. The van der Waals surface area contributed by atoms with Crippen LogP contribution in [0.2, 0.25) is 0 Å². The van der Waals surface area contributed by atoms with E-state index in [1.807, 2.05) is 37.3 Å². The molecular formula is C27H33N3O2. The van der Waals surface area contributed by atoms with E-state index in [4.69, 9.17) is 4.74 Å². The van der Waals surface area contributed by atoms with Gasteiger partial charge in [-0.1, -0.05) is 31.9 Å². The average Bonchev–Trinajstić information content (AvgIpc) is 3.09. The van der Waals surface area contributed by atoms with Gasteiger partial charge in [-0.05, 0) is 79.1 Å². The summed E-state index contributed by atoms with van der Waals surface area (Å²) in [6.45, 7) is 6.36. The first-order chi connectivity index (χ1) is 15.5. The summed E-state index contributed by atoms with van der Waals surface area (Å²) in [5, 5.41) is 3.02. The van der Waals surface area contributed by atoms with Gasteiger partial charge in [0.15, 0.2) is 0 Å². The Balaban J connectivity index is 1.46. The number of ether oxygens (including phenoxy) is 1. The Kier molecular flexibility index (Phi) is 6.93. The second-order valence-electron chi connectivity index (χ2n) is 8.84. The van der Waals surface area contributed by atoms with Crippen molar-refractivity contribution >= 4 is 23.0 Å². The number of nitrogens with zero attached hydrogens (tertiary/aromatic N) is 2. The fraction of sp³-hybridized carbons (Fsp3) is 0.407. The van der Waals surface area contributed by atoms with Gasteiger partial charge in [0.1, 0.15) is 11.6 Å². The molecule has 1 N–H and O–H groups in total. The van der Waals surface area contributed by atoms with Gasteiger partial charge < -0.3 is 15.0 Å². The van der Waals surface area contributed by atoms with Crippen LogP contribution in [0.1, 0.15) is 50.2 Å². The first-order valence-electron chi connectivity index (χ1n) is 11.6. The molecule has 1 aromatic carbocycles. The van der Waals surface area contributed by atoms with E-state index in [9.17, 15) is 4.79 Å². The van der Waals surface area contributed by atoms with Gasteiger partial charge in [-0.15, -0.1) is 0 Å². The topological polar surface area (TPSA) is 54.5 Å². The minimum atomic E-state index is -0.0936. The van der Waals surface area contributed by atoms with E-state index in [1.54, 1.807) is 13.3 Å². The smallest absolute Gasteiger partial charge is 0.255 e. The number of carbonyl (C=O) groups is 1. The summed E-state index contributed by atoms with van der Waals surface area (Å²) in [7, 11) is 1.69. The number of aromatic nitrogens is 1. The summed E-state index contributed by atoms with van der Waals surface area (Å²) in [5.74, 6) is 2.13. The van der Waals surface area contributed by atoms with Crippen LogP contribution >= 0.6 is 0 Å². The molecule has 1 aromatic heterocycles. The quantitative estimate of drug-likeness (QED) is 0.653. The SMILES string of the molecule is COc1ccc(C2=CC(C(=O)Nc3ccc(N4CCCCCC4)nc3)=CCC2C)cc1C. The zero-order chi connectivity index (χ0) is 22.5. The summed E-state index contributed by atoms with van der Waals surface area (Å²) in [4.78, 5) is 19.9. The van der Waals surface area contributed by atoms with Gasteiger partial charge in [0.2, 0.25) is 0 Å². The summed E-state index contributed by atoms with van der Waals surface area (Å²) in [5.41, 5.74) is 4.83. The van der Waals surface area contributed by atoms with E-state index in [2.05, 4.69) is 34.3 Å². The lowest BCUT2D eigenvalue weighted by atomic mass is 9.85. The lowest BCUT2D eigenvalue weighted by Gasteiger charge is -2.22. The predicted molar refractivity (Wildman–Crippen MR) is 131 cm³/mol. The van der Waals surface area contributed by atoms with Crippen molar-refractivity contribution in [1.29, 1.82) is 0 Å².